The number of nitrogens with one attached hydrogen (secondary N) is 3. The fourth-order valence-electron chi connectivity index (χ4n) is 1.63. The summed E-state index contributed by atoms with van der Waals surface area (Å²) in [5.41, 5.74) is 1.08. The van der Waals surface area contributed by atoms with Crippen molar-refractivity contribution < 1.29 is 14.3 Å². The van der Waals surface area contributed by atoms with Gasteiger partial charge in [-0.25, -0.2) is 0 Å². The minimum atomic E-state index is -0.640. The van der Waals surface area contributed by atoms with Crippen LogP contribution in [0.15, 0.2) is 18.3 Å². The molecule has 7 nitrogen and oxygen atoms in total. The second-order valence-corrected chi connectivity index (χ2v) is 4.44. The van der Waals surface area contributed by atoms with Crippen molar-refractivity contribution in [2.24, 2.45) is 0 Å². The third-order valence-electron chi connectivity index (χ3n) is 2.72. The second kappa shape index (κ2) is 8.91. The first kappa shape index (κ1) is 16.9. The van der Waals surface area contributed by atoms with Crippen LogP contribution in [0.2, 0.25) is 0 Å². The molecular weight excluding hydrogens is 272 g/mol. The molecule has 7 heteroatoms. The average molecular weight is 294 g/mol. The van der Waals surface area contributed by atoms with E-state index in [0.717, 1.165) is 12.2 Å². The SMILES string of the molecule is CCNc1ccnc(C(=O)NC(C)C(=O)NCCOC)c1. The van der Waals surface area contributed by atoms with Crippen LogP contribution in [0.3, 0.4) is 0 Å². The maximum Gasteiger partial charge on any atom is 0.270 e. The minimum Gasteiger partial charge on any atom is -0.385 e. The summed E-state index contributed by atoms with van der Waals surface area (Å²) in [6, 6.07) is 2.79. The lowest BCUT2D eigenvalue weighted by Gasteiger charge is -2.14. The largest absolute Gasteiger partial charge is 0.385 e. The smallest absolute Gasteiger partial charge is 0.270 e. The van der Waals surface area contributed by atoms with Crippen LogP contribution < -0.4 is 16.0 Å². The van der Waals surface area contributed by atoms with Crippen LogP contribution >= 0.6 is 0 Å². The molecule has 2 amide bonds. The number of pyridine rings is 1. The molecule has 1 atom stereocenters. The third-order valence-corrected chi connectivity index (χ3v) is 2.72. The van der Waals surface area contributed by atoms with Crippen LogP contribution in [0.1, 0.15) is 24.3 Å². The van der Waals surface area contributed by atoms with Gasteiger partial charge >= 0.3 is 0 Å². The van der Waals surface area contributed by atoms with E-state index >= 15 is 0 Å². The summed E-state index contributed by atoms with van der Waals surface area (Å²) in [6.45, 7) is 5.17. The molecule has 1 aromatic rings. The molecule has 0 saturated carbocycles. The number of hydrogen-bond acceptors (Lipinski definition) is 5. The molecule has 0 spiro atoms. The Morgan fingerprint density at radius 3 is 2.86 bits per heavy atom. The molecule has 0 aliphatic rings. The third kappa shape index (κ3) is 5.78. The molecule has 0 aromatic carbocycles. The van der Waals surface area contributed by atoms with Crippen molar-refractivity contribution >= 4 is 17.5 Å². The van der Waals surface area contributed by atoms with Gasteiger partial charge in [-0.1, -0.05) is 0 Å². The van der Waals surface area contributed by atoms with E-state index in [1.54, 1.807) is 32.4 Å². The van der Waals surface area contributed by atoms with Crippen molar-refractivity contribution in [3.8, 4) is 0 Å². The van der Waals surface area contributed by atoms with Gasteiger partial charge in [0.1, 0.15) is 11.7 Å². The summed E-state index contributed by atoms with van der Waals surface area (Å²) in [7, 11) is 1.56. The van der Waals surface area contributed by atoms with Crippen LogP contribution in [-0.2, 0) is 9.53 Å². The van der Waals surface area contributed by atoms with E-state index in [1.807, 2.05) is 6.92 Å². The van der Waals surface area contributed by atoms with Gasteiger partial charge in [-0.15, -0.1) is 0 Å². The maximum absolute atomic E-state index is 12.0. The van der Waals surface area contributed by atoms with E-state index in [2.05, 4.69) is 20.9 Å². The predicted octanol–water partition coefficient (Wildman–Crippen LogP) is 0.394. The average Bonchev–Trinajstić information content (AvgIpc) is 2.48. The summed E-state index contributed by atoms with van der Waals surface area (Å²) in [6.07, 6.45) is 1.55. The van der Waals surface area contributed by atoms with Crippen molar-refractivity contribution in [1.29, 1.82) is 0 Å². The van der Waals surface area contributed by atoms with Gasteiger partial charge in [-0.2, -0.15) is 0 Å². The van der Waals surface area contributed by atoms with Crippen molar-refractivity contribution in [2.45, 2.75) is 19.9 Å². The summed E-state index contributed by atoms with van der Waals surface area (Å²) in [5, 5.41) is 8.37. The highest BCUT2D eigenvalue weighted by atomic mass is 16.5. The van der Waals surface area contributed by atoms with Crippen LogP contribution in [-0.4, -0.2) is 49.6 Å². The molecule has 0 aliphatic carbocycles. The van der Waals surface area contributed by atoms with E-state index in [9.17, 15) is 9.59 Å². The highest BCUT2D eigenvalue weighted by molar-refractivity contribution is 5.96. The molecule has 21 heavy (non-hydrogen) atoms. The zero-order valence-corrected chi connectivity index (χ0v) is 12.6. The van der Waals surface area contributed by atoms with E-state index in [1.165, 1.54) is 0 Å². The Morgan fingerprint density at radius 2 is 2.19 bits per heavy atom. The Kier molecular flexibility index (Phi) is 7.17. The van der Waals surface area contributed by atoms with Gasteiger partial charge in [0.15, 0.2) is 0 Å². The van der Waals surface area contributed by atoms with E-state index < -0.39 is 6.04 Å². The van der Waals surface area contributed by atoms with Gasteiger partial charge in [-0.3, -0.25) is 14.6 Å². The molecule has 0 aliphatic heterocycles. The van der Waals surface area contributed by atoms with Crippen LogP contribution in [0.5, 0.6) is 0 Å². The zero-order chi connectivity index (χ0) is 15.7. The Morgan fingerprint density at radius 1 is 1.43 bits per heavy atom. The molecule has 0 bridgehead atoms. The van der Waals surface area contributed by atoms with E-state index in [0.29, 0.717) is 13.2 Å². The monoisotopic (exact) mass is 294 g/mol. The number of nitrogens with zero attached hydrogens (tertiary/aromatic N) is 1. The normalized spacial score (nSPS) is 11.6. The summed E-state index contributed by atoms with van der Waals surface area (Å²) < 4.78 is 4.84. The molecule has 1 rings (SSSR count). The van der Waals surface area contributed by atoms with E-state index in [4.69, 9.17) is 4.74 Å². The number of rotatable bonds is 8. The van der Waals surface area contributed by atoms with Gasteiger partial charge in [0.05, 0.1) is 6.61 Å². The quantitative estimate of drug-likeness (QED) is 0.603. The Bertz CT molecular complexity index is 479. The Hall–Kier alpha value is -2.15. The maximum atomic E-state index is 12.0. The van der Waals surface area contributed by atoms with Crippen LogP contribution in [0, 0.1) is 0 Å². The van der Waals surface area contributed by atoms with Gasteiger partial charge in [0.2, 0.25) is 5.91 Å². The summed E-state index contributed by atoms with van der Waals surface area (Å²) in [4.78, 5) is 27.8. The zero-order valence-electron chi connectivity index (χ0n) is 12.6. The Labute approximate surface area is 124 Å². The van der Waals surface area contributed by atoms with Gasteiger partial charge in [0, 0.05) is 32.1 Å². The number of methoxy groups -OCH3 is 1. The first-order valence-corrected chi connectivity index (χ1v) is 6.86. The number of amides is 2. The fourth-order valence-corrected chi connectivity index (χ4v) is 1.63. The first-order chi connectivity index (χ1) is 10.1. The standard InChI is InChI=1S/C14H22N4O3/c1-4-15-11-5-6-16-12(9-11)14(20)18-10(2)13(19)17-7-8-21-3/h5-6,9-10H,4,7-8H2,1-3H3,(H,15,16)(H,17,19)(H,18,20). The fraction of sp³-hybridized carbons (Fsp3) is 0.500. The molecule has 0 radical (unpaired) electrons. The number of aromatic nitrogens is 1. The molecule has 0 fully saturated rings. The number of ether oxygens (including phenoxy) is 1. The predicted molar refractivity (Wildman–Crippen MR) is 80.2 cm³/mol. The van der Waals surface area contributed by atoms with Gasteiger partial charge in [-0.05, 0) is 26.0 Å². The lowest BCUT2D eigenvalue weighted by atomic mass is 10.2. The number of anilines is 1. The highest BCUT2D eigenvalue weighted by Crippen LogP contribution is 2.07. The van der Waals surface area contributed by atoms with Crippen LogP contribution in [0.4, 0.5) is 5.69 Å². The molecule has 116 valence electrons. The van der Waals surface area contributed by atoms with E-state index in [-0.39, 0.29) is 17.5 Å². The van der Waals surface area contributed by atoms with Gasteiger partial charge in [0.25, 0.3) is 5.91 Å². The first-order valence-electron chi connectivity index (χ1n) is 6.86. The van der Waals surface area contributed by atoms with Crippen LogP contribution in [0.25, 0.3) is 0 Å². The van der Waals surface area contributed by atoms with Crippen molar-refractivity contribution in [2.75, 3.05) is 32.1 Å². The molecule has 3 N–H and O–H groups in total. The number of carbonyl (C=O) groups excluding carboxylic acids is 2. The highest BCUT2D eigenvalue weighted by Gasteiger charge is 2.17. The number of carbonyl (C=O) groups is 2. The summed E-state index contributed by atoms with van der Waals surface area (Å²) in [5.74, 6) is -0.646. The van der Waals surface area contributed by atoms with Crippen molar-refractivity contribution in [1.82, 2.24) is 15.6 Å². The molecule has 1 aromatic heterocycles. The van der Waals surface area contributed by atoms with Crippen molar-refractivity contribution in [3.05, 3.63) is 24.0 Å². The summed E-state index contributed by atoms with van der Waals surface area (Å²) >= 11 is 0. The molecule has 0 saturated heterocycles. The lowest BCUT2D eigenvalue weighted by molar-refractivity contribution is -0.122. The van der Waals surface area contributed by atoms with Crippen molar-refractivity contribution in [3.63, 3.8) is 0 Å². The van der Waals surface area contributed by atoms with Gasteiger partial charge < -0.3 is 20.7 Å². The topological polar surface area (TPSA) is 92.4 Å². The molecule has 1 unspecified atom stereocenters. The Balaban J connectivity index is 2.55. The molecular formula is C14H22N4O3. The number of hydrogen-bond donors (Lipinski definition) is 3. The lowest BCUT2D eigenvalue weighted by Crippen LogP contribution is -2.45. The second-order valence-electron chi connectivity index (χ2n) is 4.44. The minimum absolute atomic E-state index is 0.261. The molecule has 1 heterocycles.